The fourth-order valence-electron chi connectivity index (χ4n) is 1.61. The Bertz CT molecular complexity index is 792. The van der Waals surface area contributed by atoms with Crippen molar-refractivity contribution in [3.8, 4) is 0 Å². The summed E-state index contributed by atoms with van der Waals surface area (Å²) in [4.78, 5) is 17.4. The van der Waals surface area contributed by atoms with Gasteiger partial charge in [0, 0.05) is 12.1 Å². The van der Waals surface area contributed by atoms with Crippen LogP contribution >= 0.6 is 11.6 Å². The first-order valence-electron chi connectivity index (χ1n) is 5.55. The summed E-state index contributed by atoms with van der Waals surface area (Å²) in [6.07, 6.45) is 2.36. The maximum absolute atomic E-state index is 12.2. The molecule has 0 saturated carbocycles. The molecule has 1 aromatic carbocycles. The maximum Gasteiger partial charge on any atom is 0.269 e. The molecule has 0 aliphatic carbocycles. The second-order valence-electron chi connectivity index (χ2n) is 4.04. The Morgan fingerprint density at radius 1 is 1.29 bits per heavy atom. The smallest absolute Gasteiger partial charge is 0.262 e. The summed E-state index contributed by atoms with van der Waals surface area (Å²) in [5.41, 5.74) is 0.0661. The van der Waals surface area contributed by atoms with Crippen LogP contribution in [0.5, 0.6) is 0 Å². The molecule has 0 aliphatic rings. The van der Waals surface area contributed by atoms with Crippen LogP contribution in [-0.2, 0) is 10.0 Å². The minimum Gasteiger partial charge on any atom is -0.262 e. The van der Waals surface area contributed by atoms with E-state index in [1.54, 1.807) is 0 Å². The molecule has 1 aromatic heterocycles. The summed E-state index contributed by atoms with van der Waals surface area (Å²) in [6.45, 7) is 1.47. The van der Waals surface area contributed by atoms with E-state index in [2.05, 4.69) is 14.7 Å². The van der Waals surface area contributed by atoms with Crippen LogP contribution in [0.3, 0.4) is 0 Å². The molecule has 110 valence electrons. The van der Waals surface area contributed by atoms with Gasteiger partial charge in [0.2, 0.25) is 0 Å². The quantitative estimate of drug-likeness (QED) is 0.679. The molecule has 21 heavy (non-hydrogen) atoms. The Hall–Kier alpha value is -2.26. The van der Waals surface area contributed by atoms with E-state index >= 15 is 0 Å². The van der Waals surface area contributed by atoms with Gasteiger partial charge >= 0.3 is 0 Å². The van der Waals surface area contributed by atoms with E-state index in [9.17, 15) is 18.5 Å². The molecule has 0 radical (unpaired) electrons. The zero-order chi connectivity index (χ0) is 15.6. The van der Waals surface area contributed by atoms with Gasteiger partial charge in [-0.1, -0.05) is 11.6 Å². The molecule has 10 heteroatoms. The topological polar surface area (TPSA) is 115 Å². The molecule has 8 nitrogen and oxygen atoms in total. The number of nitrogens with zero attached hydrogens (tertiary/aromatic N) is 3. The van der Waals surface area contributed by atoms with Gasteiger partial charge in [0.05, 0.1) is 22.2 Å². The van der Waals surface area contributed by atoms with E-state index in [4.69, 9.17) is 11.6 Å². The minimum absolute atomic E-state index is 0.00264. The van der Waals surface area contributed by atoms with Crippen molar-refractivity contribution in [3.05, 3.63) is 51.4 Å². The van der Waals surface area contributed by atoms with Crippen LogP contribution in [0.15, 0.2) is 35.5 Å². The monoisotopic (exact) mass is 328 g/mol. The van der Waals surface area contributed by atoms with E-state index in [0.717, 1.165) is 6.07 Å². The molecule has 1 heterocycles. The van der Waals surface area contributed by atoms with Gasteiger partial charge in [-0.3, -0.25) is 14.8 Å². The Morgan fingerprint density at radius 2 is 2.00 bits per heavy atom. The van der Waals surface area contributed by atoms with Crippen LogP contribution in [0.1, 0.15) is 5.56 Å². The number of hydrogen-bond acceptors (Lipinski definition) is 6. The van der Waals surface area contributed by atoms with Gasteiger partial charge in [-0.15, -0.1) is 0 Å². The van der Waals surface area contributed by atoms with E-state index in [1.807, 2.05) is 0 Å². The first kappa shape index (κ1) is 15.1. The molecule has 0 saturated heterocycles. The second kappa shape index (κ2) is 5.62. The first-order chi connectivity index (χ1) is 9.79. The van der Waals surface area contributed by atoms with Crippen LogP contribution in [0, 0.1) is 17.0 Å². The van der Waals surface area contributed by atoms with Crippen LogP contribution in [0.4, 0.5) is 11.5 Å². The lowest BCUT2D eigenvalue weighted by molar-refractivity contribution is -0.385. The average molecular weight is 329 g/mol. The van der Waals surface area contributed by atoms with Gasteiger partial charge in [-0.25, -0.2) is 18.4 Å². The number of nitro groups is 1. The van der Waals surface area contributed by atoms with E-state index in [1.165, 1.54) is 31.5 Å². The number of sulfonamides is 1. The van der Waals surface area contributed by atoms with Gasteiger partial charge in [0.1, 0.15) is 5.15 Å². The highest BCUT2D eigenvalue weighted by Gasteiger charge is 2.20. The Balaban J connectivity index is 2.35. The molecule has 0 aliphatic heterocycles. The predicted octanol–water partition coefficient (Wildman–Crippen LogP) is 2.15. The highest BCUT2D eigenvalue weighted by molar-refractivity contribution is 7.92. The molecule has 0 fully saturated rings. The van der Waals surface area contributed by atoms with Crippen LogP contribution in [0.25, 0.3) is 0 Å². The third-order valence-corrected chi connectivity index (χ3v) is 4.23. The number of nitro benzene ring substituents is 1. The molecule has 0 spiro atoms. The lowest BCUT2D eigenvalue weighted by atomic mass is 10.2. The zero-order valence-corrected chi connectivity index (χ0v) is 12.2. The third-order valence-electron chi connectivity index (χ3n) is 2.52. The number of aromatic nitrogens is 2. The van der Waals surface area contributed by atoms with Crippen molar-refractivity contribution in [3.63, 3.8) is 0 Å². The Labute approximate surface area is 125 Å². The molecule has 2 aromatic rings. The van der Waals surface area contributed by atoms with Crippen LogP contribution < -0.4 is 4.72 Å². The fourth-order valence-corrected chi connectivity index (χ4v) is 2.92. The molecule has 2 rings (SSSR count). The molecular formula is C11H9ClN4O4S. The van der Waals surface area contributed by atoms with Gasteiger partial charge in [0.25, 0.3) is 15.7 Å². The number of hydrogen-bond donors (Lipinski definition) is 1. The average Bonchev–Trinajstić information content (AvgIpc) is 2.40. The van der Waals surface area contributed by atoms with Crippen LogP contribution in [-0.4, -0.2) is 23.3 Å². The molecule has 0 amide bonds. The van der Waals surface area contributed by atoms with E-state index < -0.39 is 14.9 Å². The first-order valence-corrected chi connectivity index (χ1v) is 7.41. The molecular weight excluding hydrogens is 320 g/mol. The second-order valence-corrected chi connectivity index (χ2v) is 6.07. The van der Waals surface area contributed by atoms with Crippen molar-refractivity contribution in [2.45, 2.75) is 11.8 Å². The van der Waals surface area contributed by atoms with Gasteiger partial charge in [-0.05, 0) is 18.6 Å². The van der Waals surface area contributed by atoms with Crippen molar-refractivity contribution in [1.29, 1.82) is 0 Å². The summed E-state index contributed by atoms with van der Waals surface area (Å²) in [6, 6.07) is 3.47. The SMILES string of the molecule is Cc1cc([N+](=O)[O-])ccc1S(=O)(=O)Nc1cnc(Cl)cn1. The van der Waals surface area contributed by atoms with Gasteiger partial charge in [0.15, 0.2) is 5.82 Å². The van der Waals surface area contributed by atoms with Gasteiger partial charge < -0.3 is 0 Å². The third kappa shape index (κ3) is 3.44. The predicted molar refractivity (Wildman–Crippen MR) is 75.7 cm³/mol. The normalized spacial score (nSPS) is 11.1. The summed E-state index contributed by atoms with van der Waals surface area (Å²) in [7, 11) is -3.92. The fraction of sp³-hybridized carbons (Fsp3) is 0.0909. The lowest BCUT2D eigenvalue weighted by Crippen LogP contribution is -2.15. The maximum atomic E-state index is 12.2. The van der Waals surface area contributed by atoms with E-state index in [-0.39, 0.29) is 27.1 Å². The van der Waals surface area contributed by atoms with Crippen molar-refractivity contribution < 1.29 is 13.3 Å². The highest BCUT2D eigenvalue weighted by Crippen LogP contribution is 2.22. The number of benzene rings is 1. The lowest BCUT2D eigenvalue weighted by Gasteiger charge is -2.09. The number of non-ortho nitro benzene ring substituents is 1. The molecule has 0 unspecified atom stereocenters. The number of rotatable bonds is 4. The standard InChI is InChI=1S/C11H9ClN4O4S/c1-7-4-8(16(17)18)2-3-9(7)21(19,20)15-11-6-13-10(12)5-14-11/h2-6H,1H3,(H,14,15). The molecule has 1 N–H and O–H groups in total. The summed E-state index contributed by atoms with van der Waals surface area (Å²) in [5, 5.41) is 10.8. The van der Waals surface area contributed by atoms with Gasteiger partial charge in [-0.2, -0.15) is 0 Å². The minimum atomic E-state index is -3.92. The number of aryl methyl sites for hydroxylation is 1. The summed E-state index contributed by atoms with van der Waals surface area (Å²) < 4.78 is 26.6. The number of nitrogens with one attached hydrogen (secondary N) is 1. The van der Waals surface area contributed by atoms with Crippen molar-refractivity contribution in [1.82, 2.24) is 9.97 Å². The summed E-state index contributed by atoms with van der Waals surface area (Å²) >= 11 is 5.56. The largest absolute Gasteiger partial charge is 0.269 e. The Kier molecular flexibility index (Phi) is 4.05. The van der Waals surface area contributed by atoms with E-state index in [0.29, 0.717) is 0 Å². The Morgan fingerprint density at radius 3 is 2.52 bits per heavy atom. The molecule has 0 atom stereocenters. The number of anilines is 1. The summed E-state index contributed by atoms with van der Waals surface area (Å²) in [5.74, 6) is -0.00264. The molecule has 0 bridgehead atoms. The highest BCUT2D eigenvalue weighted by atomic mass is 35.5. The van der Waals surface area contributed by atoms with Crippen molar-refractivity contribution in [2.75, 3.05) is 4.72 Å². The zero-order valence-electron chi connectivity index (χ0n) is 10.6. The van der Waals surface area contributed by atoms with Crippen LogP contribution in [0.2, 0.25) is 5.15 Å². The number of halogens is 1. The van der Waals surface area contributed by atoms with Crippen molar-refractivity contribution in [2.24, 2.45) is 0 Å². The van der Waals surface area contributed by atoms with Crippen molar-refractivity contribution >= 4 is 33.1 Å².